The monoisotopic (exact) mass is 352 g/mol. The molecule has 0 aliphatic heterocycles. The van der Waals surface area contributed by atoms with Crippen LogP contribution in [0.2, 0.25) is 0 Å². The Balaban J connectivity index is 0.000000370. The maximum absolute atomic E-state index is 11.5. The van der Waals surface area contributed by atoms with Crippen LogP contribution in [0, 0.1) is 11.8 Å². The molecule has 6 heteroatoms. The molecule has 6 N–H and O–H groups in total. The molecule has 25 heavy (non-hydrogen) atoms. The molecule has 2 unspecified atom stereocenters. The second kappa shape index (κ2) is 8.63. The first-order valence-corrected chi connectivity index (χ1v) is 8.97. The van der Waals surface area contributed by atoms with Crippen LogP contribution in [-0.2, 0) is 9.59 Å². The molecule has 0 amide bonds. The molecule has 6 nitrogen and oxygen atoms in total. The van der Waals surface area contributed by atoms with Gasteiger partial charge in [0.15, 0.2) is 0 Å². The van der Waals surface area contributed by atoms with E-state index in [1.54, 1.807) is 13.0 Å². The molecule has 1 fully saturated rings. The van der Waals surface area contributed by atoms with Gasteiger partial charge in [-0.3, -0.25) is 0 Å². The van der Waals surface area contributed by atoms with Gasteiger partial charge in [-0.05, 0) is 42.9 Å². The molecule has 0 saturated heterocycles. The quantitative estimate of drug-likeness (QED) is 0.618. The van der Waals surface area contributed by atoms with E-state index in [9.17, 15) is 14.7 Å². The average Bonchev–Trinajstić information content (AvgIpc) is 2.53. The molecule has 142 valence electrons. The third-order valence-corrected chi connectivity index (χ3v) is 5.39. The molecular formula is C19H32N2O4. The van der Waals surface area contributed by atoms with Gasteiger partial charge in [-0.25, -0.2) is 9.59 Å². The van der Waals surface area contributed by atoms with Crippen LogP contribution in [0.3, 0.4) is 0 Å². The van der Waals surface area contributed by atoms with Gasteiger partial charge in [-0.1, -0.05) is 40.0 Å². The highest BCUT2D eigenvalue weighted by atomic mass is 16.4. The Morgan fingerprint density at radius 2 is 1.72 bits per heavy atom. The molecule has 2 rings (SSSR count). The number of carboxylic acids is 2. The lowest BCUT2D eigenvalue weighted by Crippen LogP contribution is -2.57. The normalized spacial score (nSPS) is 27.5. The van der Waals surface area contributed by atoms with Gasteiger partial charge in [0.2, 0.25) is 0 Å². The van der Waals surface area contributed by atoms with Crippen molar-refractivity contribution in [3.8, 4) is 0 Å². The number of carbonyl (C=O) groups is 2. The largest absolute Gasteiger partial charge is 0.480 e. The SMILES string of the molecule is CC1=C(C(C)C)C=C(C(=O)O)C(C)C1(N)C(=O)O.NC1CCCCC1. The Kier molecular flexibility index (Phi) is 7.38. The third kappa shape index (κ3) is 4.70. The maximum atomic E-state index is 11.5. The number of nitrogens with two attached hydrogens (primary N) is 2. The van der Waals surface area contributed by atoms with Crippen LogP contribution in [0.5, 0.6) is 0 Å². The molecule has 0 aromatic rings. The number of rotatable bonds is 3. The van der Waals surface area contributed by atoms with Crippen molar-refractivity contribution < 1.29 is 19.8 Å². The second-order valence-electron chi connectivity index (χ2n) is 7.43. The van der Waals surface area contributed by atoms with E-state index in [1.807, 2.05) is 13.8 Å². The Labute approximate surface area is 150 Å². The minimum absolute atomic E-state index is 0.0223. The standard InChI is InChI=1S/C13H19NO4.C6H13N/c1-6(2)9-5-10(11(15)16)8(4)13(14,7(9)3)12(17)18;7-6-4-2-1-3-5-6/h5-6,8H,14H2,1-4H3,(H,15,16)(H,17,18);6H,1-5,7H2. The molecule has 2 aliphatic rings. The Bertz CT molecular complexity index is 574. The number of allylic oxidation sites excluding steroid dienone is 2. The fraction of sp³-hybridized carbons (Fsp3) is 0.684. The van der Waals surface area contributed by atoms with E-state index in [0.717, 1.165) is 0 Å². The first-order chi connectivity index (χ1) is 11.5. The lowest BCUT2D eigenvalue weighted by atomic mass is 9.69. The molecule has 2 aliphatic carbocycles. The van der Waals surface area contributed by atoms with E-state index in [-0.39, 0.29) is 11.5 Å². The van der Waals surface area contributed by atoms with Crippen LogP contribution in [-0.4, -0.2) is 33.7 Å². The van der Waals surface area contributed by atoms with Gasteiger partial charge in [-0.15, -0.1) is 0 Å². The zero-order valence-corrected chi connectivity index (χ0v) is 15.7. The van der Waals surface area contributed by atoms with Crippen molar-refractivity contribution >= 4 is 11.9 Å². The lowest BCUT2D eigenvalue weighted by molar-refractivity contribution is -0.143. The number of aliphatic carboxylic acids is 2. The summed E-state index contributed by atoms with van der Waals surface area (Å²) in [5.41, 5.74) is 11.2. The van der Waals surface area contributed by atoms with Gasteiger partial charge in [0, 0.05) is 17.5 Å². The summed E-state index contributed by atoms with van der Waals surface area (Å²) in [6, 6.07) is 0.536. The molecule has 0 radical (unpaired) electrons. The minimum atomic E-state index is -1.65. The molecule has 0 heterocycles. The molecule has 1 saturated carbocycles. The summed E-state index contributed by atoms with van der Waals surface area (Å²) >= 11 is 0. The summed E-state index contributed by atoms with van der Waals surface area (Å²) in [6.07, 6.45) is 8.22. The number of carboxylic acid groups (broad SMARTS) is 2. The van der Waals surface area contributed by atoms with Gasteiger partial charge in [0.1, 0.15) is 5.54 Å². The van der Waals surface area contributed by atoms with Gasteiger partial charge < -0.3 is 21.7 Å². The first-order valence-electron chi connectivity index (χ1n) is 8.97. The van der Waals surface area contributed by atoms with Crippen LogP contribution in [0.25, 0.3) is 0 Å². The fourth-order valence-electron chi connectivity index (χ4n) is 3.54. The van der Waals surface area contributed by atoms with Gasteiger partial charge >= 0.3 is 11.9 Å². The van der Waals surface area contributed by atoms with Crippen molar-refractivity contribution in [3.63, 3.8) is 0 Å². The van der Waals surface area contributed by atoms with Crippen molar-refractivity contribution in [2.75, 3.05) is 0 Å². The van der Waals surface area contributed by atoms with E-state index < -0.39 is 23.4 Å². The van der Waals surface area contributed by atoms with Crippen LogP contribution in [0.4, 0.5) is 0 Å². The smallest absolute Gasteiger partial charge is 0.331 e. The highest BCUT2D eigenvalue weighted by molar-refractivity contribution is 5.94. The summed E-state index contributed by atoms with van der Waals surface area (Å²) in [5, 5.41) is 18.5. The average molecular weight is 352 g/mol. The van der Waals surface area contributed by atoms with E-state index in [4.69, 9.17) is 16.6 Å². The number of hydrogen-bond acceptors (Lipinski definition) is 4. The fourth-order valence-corrected chi connectivity index (χ4v) is 3.54. The lowest BCUT2D eigenvalue weighted by Gasteiger charge is -2.38. The Hall–Kier alpha value is -1.66. The van der Waals surface area contributed by atoms with Crippen LogP contribution < -0.4 is 11.5 Å². The van der Waals surface area contributed by atoms with Crippen LogP contribution in [0.15, 0.2) is 22.8 Å². The molecule has 0 bridgehead atoms. The van der Waals surface area contributed by atoms with Crippen molar-refractivity contribution in [2.45, 2.75) is 71.4 Å². The zero-order valence-electron chi connectivity index (χ0n) is 15.7. The second-order valence-corrected chi connectivity index (χ2v) is 7.43. The van der Waals surface area contributed by atoms with Crippen LogP contribution in [0.1, 0.15) is 59.8 Å². The highest BCUT2D eigenvalue weighted by Crippen LogP contribution is 2.39. The Morgan fingerprint density at radius 1 is 1.20 bits per heavy atom. The van der Waals surface area contributed by atoms with Gasteiger partial charge in [0.25, 0.3) is 0 Å². The van der Waals surface area contributed by atoms with E-state index in [0.29, 0.717) is 17.2 Å². The van der Waals surface area contributed by atoms with Crippen molar-refractivity contribution in [3.05, 3.63) is 22.8 Å². The van der Waals surface area contributed by atoms with Gasteiger partial charge in [0.05, 0.1) is 0 Å². The van der Waals surface area contributed by atoms with Crippen LogP contribution >= 0.6 is 0 Å². The third-order valence-electron chi connectivity index (χ3n) is 5.39. The summed E-state index contributed by atoms with van der Waals surface area (Å²) in [6.45, 7) is 6.96. The first kappa shape index (κ1) is 21.4. The molecular weight excluding hydrogens is 320 g/mol. The van der Waals surface area contributed by atoms with Gasteiger partial charge in [-0.2, -0.15) is 0 Å². The summed E-state index contributed by atoms with van der Waals surface area (Å²) in [5.74, 6) is -3.06. The maximum Gasteiger partial charge on any atom is 0.331 e. The summed E-state index contributed by atoms with van der Waals surface area (Å²) in [7, 11) is 0. The predicted octanol–water partition coefficient (Wildman–Crippen LogP) is 2.68. The van der Waals surface area contributed by atoms with E-state index in [2.05, 4.69) is 0 Å². The molecule has 0 spiro atoms. The summed E-state index contributed by atoms with van der Waals surface area (Å²) < 4.78 is 0. The van der Waals surface area contributed by atoms with Crippen molar-refractivity contribution in [2.24, 2.45) is 23.3 Å². The van der Waals surface area contributed by atoms with E-state index in [1.165, 1.54) is 39.0 Å². The van der Waals surface area contributed by atoms with Crippen molar-refractivity contribution in [1.29, 1.82) is 0 Å². The van der Waals surface area contributed by atoms with Crippen molar-refractivity contribution in [1.82, 2.24) is 0 Å². The topological polar surface area (TPSA) is 127 Å². The van der Waals surface area contributed by atoms with E-state index >= 15 is 0 Å². The summed E-state index contributed by atoms with van der Waals surface area (Å²) in [4.78, 5) is 22.7. The number of hydrogen-bond donors (Lipinski definition) is 4. The zero-order chi connectivity index (χ0) is 19.4. The predicted molar refractivity (Wildman–Crippen MR) is 98.0 cm³/mol. The molecule has 0 aromatic heterocycles. The molecule has 2 atom stereocenters. The minimum Gasteiger partial charge on any atom is -0.480 e. The highest BCUT2D eigenvalue weighted by Gasteiger charge is 2.48. The Morgan fingerprint density at radius 3 is 2.04 bits per heavy atom. The molecule has 0 aromatic carbocycles.